The molecule has 0 aliphatic heterocycles. The zero-order valence-corrected chi connectivity index (χ0v) is 20.2. The first-order valence-corrected chi connectivity index (χ1v) is 10.6. The number of nitrogens with zero attached hydrogens (tertiary/aromatic N) is 6. The molecule has 3 heterocycles. The second-order valence-electron chi connectivity index (χ2n) is 6.39. The van der Waals surface area contributed by atoms with Gasteiger partial charge in [-0.25, -0.2) is 19.6 Å². The van der Waals surface area contributed by atoms with Gasteiger partial charge in [-0.1, -0.05) is 34.8 Å². The number of hydrogen-bond donors (Lipinski definition) is 2. The second-order valence-corrected chi connectivity index (χ2v) is 8.14. The number of carbonyl (C=O) groups excluding carboxylic acids is 1. The molecule has 3 aromatic rings. The summed E-state index contributed by atoms with van der Waals surface area (Å²) < 4.78 is 1.87. The van der Waals surface area contributed by atoms with Gasteiger partial charge in [0.2, 0.25) is 10.6 Å². The van der Waals surface area contributed by atoms with Crippen LogP contribution in [0.5, 0.6) is 0 Å². The lowest BCUT2D eigenvalue weighted by molar-refractivity contribution is 0.112. The Morgan fingerprint density at radius 3 is 1.94 bits per heavy atom. The van der Waals surface area contributed by atoms with Gasteiger partial charge in [0.15, 0.2) is 11.9 Å². The monoisotopic (exact) mass is 546 g/mol. The highest BCUT2D eigenvalue weighted by atomic mass is 35.5. The average Bonchev–Trinajstić information content (AvgIpc) is 3.60. The van der Waals surface area contributed by atoms with Gasteiger partial charge in [0, 0.05) is 6.04 Å². The van der Waals surface area contributed by atoms with Gasteiger partial charge in [0.05, 0.1) is 23.2 Å². The van der Waals surface area contributed by atoms with Gasteiger partial charge in [-0.15, -0.1) is 12.4 Å². The zero-order valence-electron chi connectivity index (χ0n) is 15.6. The van der Waals surface area contributed by atoms with Crippen LogP contribution in [0.25, 0.3) is 11.0 Å². The summed E-state index contributed by atoms with van der Waals surface area (Å²) in [5, 5.41) is 5.38. The molecule has 2 aliphatic rings. The van der Waals surface area contributed by atoms with Crippen molar-refractivity contribution in [2.45, 2.75) is 37.8 Å². The summed E-state index contributed by atoms with van der Waals surface area (Å²) in [6, 6.07) is 1.13. The molecule has 2 fully saturated rings. The van der Waals surface area contributed by atoms with Crippen LogP contribution in [0.15, 0.2) is 6.20 Å². The molecule has 2 aliphatic carbocycles. The standard InChI is InChI=1S/C8H6Cl2N4.C5HCl3N2O.C3H8N2.ClH/c9-6-5-3-11-14(4-1-2-4)7(5)13-8(10)12-6;6-3-2(1-11)4(7)10-5(8)9-3;4-5-3-1-2-3;/h3-4H,1-2H2;1H;3,5H,1-2,4H2;1H. The van der Waals surface area contributed by atoms with Crippen molar-refractivity contribution in [3.8, 4) is 0 Å². The summed E-state index contributed by atoms with van der Waals surface area (Å²) in [6.45, 7) is 0. The van der Waals surface area contributed by atoms with Gasteiger partial charge in [-0.3, -0.25) is 16.1 Å². The van der Waals surface area contributed by atoms with Crippen molar-refractivity contribution in [2.75, 3.05) is 0 Å². The summed E-state index contributed by atoms with van der Waals surface area (Å²) in [7, 11) is 0. The van der Waals surface area contributed by atoms with Crippen molar-refractivity contribution in [1.82, 2.24) is 35.1 Å². The molecule has 3 N–H and O–H groups in total. The molecule has 3 aromatic heterocycles. The summed E-state index contributed by atoms with van der Waals surface area (Å²) >= 11 is 28.0. The Morgan fingerprint density at radius 1 is 0.935 bits per heavy atom. The maximum atomic E-state index is 10.3. The first kappa shape index (κ1) is 26.2. The summed E-state index contributed by atoms with van der Waals surface area (Å²) in [5.74, 6) is 4.98. The summed E-state index contributed by atoms with van der Waals surface area (Å²) in [5.41, 5.74) is 3.43. The van der Waals surface area contributed by atoms with E-state index in [0.29, 0.717) is 23.5 Å². The lowest BCUT2D eigenvalue weighted by Gasteiger charge is -1.99. The minimum atomic E-state index is -0.0781. The minimum absolute atomic E-state index is 0. The molecule has 9 nitrogen and oxygen atoms in total. The van der Waals surface area contributed by atoms with Crippen LogP contribution in [-0.2, 0) is 0 Å². The largest absolute Gasteiger partial charge is 0.298 e. The highest BCUT2D eigenvalue weighted by Gasteiger charge is 2.27. The highest BCUT2D eigenvalue weighted by Crippen LogP contribution is 2.37. The Balaban J connectivity index is 0.000000180. The third-order valence-electron chi connectivity index (χ3n) is 4.03. The fourth-order valence-electron chi connectivity index (χ4n) is 2.19. The molecule has 0 atom stereocenters. The average molecular weight is 549 g/mol. The zero-order chi connectivity index (χ0) is 21.8. The third kappa shape index (κ3) is 7.23. The van der Waals surface area contributed by atoms with Crippen molar-refractivity contribution in [3.63, 3.8) is 0 Å². The van der Waals surface area contributed by atoms with Gasteiger partial charge in [-0.2, -0.15) is 10.1 Å². The smallest absolute Gasteiger partial charge is 0.225 e. The van der Waals surface area contributed by atoms with Crippen LogP contribution in [0.3, 0.4) is 0 Å². The lowest BCUT2D eigenvalue weighted by atomic mass is 10.4. The number of carbonyl (C=O) groups is 1. The number of hydrazine groups is 1. The molecule has 0 unspecified atom stereocenters. The summed E-state index contributed by atoms with van der Waals surface area (Å²) in [6.07, 6.45) is 7.01. The van der Waals surface area contributed by atoms with E-state index in [-0.39, 0.29) is 38.8 Å². The maximum absolute atomic E-state index is 10.3. The number of hydrogen-bond acceptors (Lipinski definition) is 8. The first-order chi connectivity index (χ1) is 14.3. The SMILES string of the molecule is Cl.Clc1nc(Cl)c2cnn(C3CC3)c2n1.NNC1CC1.O=Cc1c(Cl)nc(Cl)nc1Cl. The van der Waals surface area contributed by atoms with E-state index in [9.17, 15) is 4.79 Å². The van der Waals surface area contributed by atoms with E-state index in [1.807, 2.05) is 4.68 Å². The van der Waals surface area contributed by atoms with Crippen molar-refractivity contribution in [1.29, 1.82) is 0 Å². The molecule has 0 amide bonds. The molecule has 2 saturated carbocycles. The third-order valence-corrected chi connectivity index (χ3v) is 5.23. The molecule has 15 heteroatoms. The molecular weight excluding hydrogens is 533 g/mol. The minimum Gasteiger partial charge on any atom is -0.298 e. The Labute approximate surface area is 208 Å². The maximum Gasteiger partial charge on any atom is 0.225 e. The van der Waals surface area contributed by atoms with Crippen molar-refractivity contribution < 1.29 is 4.79 Å². The molecule has 0 bridgehead atoms. The predicted molar refractivity (Wildman–Crippen MR) is 124 cm³/mol. The number of fused-ring (bicyclic) bond motifs is 1. The van der Waals surface area contributed by atoms with Crippen LogP contribution < -0.4 is 11.3 Å². The Bertz CT molecular complexity index is 1030. The Morgan fingerprint density at radius 2 is 1.48 bits per heavy atom. The molecule has 0 aromatic carbocycles. The fourth-order valence-corrected chi connectivity index (χ4v) is 3.35. The van der Waals surface area contributed by atoms with E-state index in [4.69, 9.17) is 63.8 Å². The first-order valence-electron chi connectivity index (χ1n) is 8.70. The van der Waals surface area contributed by atoms with E-state index in [1.54, 1.807) is 6.20 Å². The van der Waals surface area contributed by atoms with Gasteiger partial charge < -0.3 is 0 Å². The number of aldehydes is 1. The Kier molecular flexibility index (Phi) is 9.91. The van der Waals surface area contributed by atoms with Crippen LogP contribution in [0.2, 0.25) is 26.0 Å². The fraction of sp³-hybridized carbons (Fsp3) is 0.375. The van der Waals surface area contributed by atoms with E-state index in [1.165, 1.54) is 12.8 Å². The van der Waals surface area contributed by atoms with Crippen molar-refractivity contribution in [3.05, 3.63) is 37.8 Å². The van der Waals surface area contributed by atoms with Crippen molar-refractivity contribution >= 4 is 87.7 Å². The van der Waals surface area contributed by atoms with Crippen LogP contribution in [0.4, 0.5) is 0 Å². The molecule has 31 heavy (non-hydrogen) atoms. The van der Waals surface area contributed by atoms with E-state index in [0.717, 1.165) is 23.9 Å². The van der Waals surface area contributed by atoms with Gasteiger partial charge in [0.1, 0.15) is 15.5 Å². The summed E-state index contributed by atoms with van der Waals surface area (Å²) in [4.78, 5) is 25.3. The van der Waals surface area contributed by atoms with E-state index < -0.39 is 0 Å². The number of rotatable bonds is 3. The predicted octanol–water partition coefficient (Wildman–Crippen LogP) is 4.75. The molecular formula is C16H16Cl6N8O. The molecule has 5 rings (SSSR count). The number of nitrogens with two attached hydrogens (primary N) is 1. The highest BCUT2D eigenvalue weighted by molar-refractivity contribution is 6.38. The van der Waals surface area contributed by atoms with E-state index >= 15 is 0 Å². The van der Waals surface area contributed by atoms with Crippen LogP contribution >= 0.6 is 70.4 Å². The Hall–Kier alpha value is -1.04. The molecule has 0 saturated heterocycles. The van der Waals surface area contributed by atoms with Gasteiger partial charge in [-0.05, 0) is 48.9 Å². The second kappa shape index (κ2) is 11.7. The quantitative estimate of drug-likeness (QED) is 0.158. The number of nitrogens with one attached hydrogen (secondary N) is 1. The molecule has 168 valence electrons. The molecule has 0 radical (unpaired) electrons. The number of aromatic nitrogens is 6. The normalized spacial score (nSPS) is 14.6. The van der Waals surface area contributed by atoms with Crippen molar-refractivity contribution in [2.24, 2.45) is 5.84 Å². The van der Waals surface area contributed by atoms with E-state index in [2.05, 4.69) is 30.5 Å². The lowest BCUT2D eigenvalue weighted by Crippen LogP contribution is -2.23. The topological polar surface area (TPSA) is 124 Å². The van der Waals surface area contributed by atoms with Gasteiger partial charge in [0.25, 0.3) is 0 Å². The molecule has 0 spiro atoms. The van der Waals surface area contributed by atoms with Crippen LogP contribution in [0.1, 0.15) is 42.1 Å². The number of halogens is 6. The van der Waals surface area contributed by atoms with Crippen LogP contribution in [-0.4, -0.2) is 42.0 Å². The van der Waals surface area contributed by atoms with Crippen LogP contribution in [0, 0.1) is 0 Å². The van der Waals surface area contributed by atoms with Gasteiger partial charge >= 0.3 is 0 Å².